The van der Waals surface area contributed by atoms with Crippen molar-refractivity contribution < 1.29 is 0 Å². The zero-order valence-corrected chi connectivity index (χ0v) is 12.2. The van der Waals surface area contributed by atoms with Gasteiger partial charge in [0.25, 0.3) is 0 Å². The van der Waals surface area contributed by atoms with Crippen LogP contribution in [0.5, 0.6) is 0 Å². The van der Waals surface area contributed by atoms with E-state index in [0.717, 1.165) is 27.5 Å². The van der Waals surface area contributed by atoms with Gasteiger partial charge in [0.15, 0.2) is 0 Å². The van der Waals surface area contributed by atoms with Gasteiger partial charge >= 0.3 is 0 Å². The van der Waals surface area contributed by atoms with Crippen LogP contribution < -0.4 is 0 Å². The zero-order valence-electron chi connectivity index (χ0n) is 11.5. The van der Waals surface area contributed by atoms with E-state index in [-0.39, 0.29) is 0 Å². The lowest BCUT2D eigenvalue weighted by Crippen LogP contribution is -2.15. The van der Waals surface area contributed by atoms with E-state index >= 15 is 0 Å². The maximum absolute atomic E-state index is 6.05. The molecule has 0 spiro atoms. The second-order valence-corrected chi connectivity index (χ2v) is 5.30. The Bertz CT molecular complexity index is 706. The molecule has 3 rings (SSSR count). The molecule has 1 aromatic rings. The smallest absolute Gasteiger partial charge is 0.0709 e. The largest absolute Gasteiger partial charge is 0.348 e. The maximum atomic E-state index is 6.05. The summed E-state index contributed by atoms with van der Waals surface area (Å²) in [5, 5.41) is 0.737. The van der Waals surface area contributed by atoms with Crippen LogP contribution >= 0.6 is 11.6 Å². The summed E-state index contributed by atoms with van der Waals surface area (Å²) in [6.07, 6.45) is 12.3. The van der Waals surface area contributed by atoms with Gasteiger partial charge in [-0.1, -0.05) is 23.8 Å². The molecule has 0 atom stereocenters. The second-order valence-electron chi connectivity index (χ2n) is 4.86. The van der Waals surface area contributed by atoms with Crippen LogP contribution in [-0.2, 0) is 0 Å². The van der Waals surface area contributed by atoms with Crippen LogP contribution in [0, 0.1) is 0 Å². The van der Waals surface area contributed by atoms with Crippen molar-refractivity contribution in [2.24, 2.45) is 4.99 Å². The summed E-state index contributed by atoms with van der Waals surface area (Å²) in [7, 11) is 2.06. The van der Waals surface area contributed by atoms with E-state index in [9.17, 15) is 0 Å². The van der Waals surface area contributed by atoms with Crippen LogP contribution in [0.1, 0.15) is 12.5 Å². The Kier molecular flexibility index (Phi) is 3.33. The number of aliphatic imine (C=N–C) groups is 1. The van der Waals surface area contributed by atoms with Crippen LogP contribution in [0.2, 0.25) is 5.02 Å². The third kappa shape index (κ3) is 2.35. The van der Waals surface area contributed by atoms with E-state index in [1.807, 2.05) is 24.4 Å². The van der Waals surface area contributed by atoms with Crippen LogP contribution in [0.3, 0.4) is 0 Å². The first-order chi connectivity index (χ1) is 9.65. The fourth-order valence-corrected chi connectivity index (χ4v) is 2.42. The molecule has 100 valence electrons. The molecule has 0 saturated carbocycles. The second kappa shape index (κ2) is 5.14. The predicted molar refractivity (Wildman–Crippen MR) is 86.3 cm³/mol. The van der Waals surface area contributed by atoms with Crippen LogP contribution in [0.15, 0.2) is 65.0 Å². The molecule has 0 N–H and O–H groups in total. The van der Waals surface area contributed by atoms with Crippen molar-refractivity contribution in [1.29, 1.82) is 0 Å². The molecule has 0 fully saturated rings. The number of hydrogen-bond acceptors (Lipinski definition) is 2. The number of rotatable bonds is 1. The van der Waals surface area contributed by atoms with Crippen molar-refractivity contribution in [3.63, 3.8) is 0 Å². The molecule has 0 saturated heterocycles. The lowest BCUT2D eigenvalue weighted by atomic mass is 10.1. The minimum Gasteiger partial charge on any atom is -0.348 e. The first kappa shape index (κ1) is 12.9. The number of hydrogen-bond donors (Lipinski definition) is 0. The lowest BCUT2D eigenvalue weighted by molar-refractivity contribution is 0.533. The van der Waals surface area contributed by atoms with Gasteiger partial charge in [0.05, 0.1) is 5.69 Å². The molecule has 1 aromatic carbocycles. The molecule has 0 radical (unpaired) electrons. The molecule has 20 heavy (non-hydrogen) atoms. The molecule has 0 bridgehead atoms. The molecule has 3 heteroatoms. The molecule has 2 aliphatic heterocycles. The lowest BCUT2D eigenvalue weighted by Gasteiger charge is -2.23. The first-order valence-corrected chi connectivity index (χ1v) is 6.87. The monoisotopic (exact) mass is 282 g/mol. The van der Waals surface area contributed by atoms with E-state index in [4.69, 9.17) is 11.6 Å². The maximum Gasteiger partial charge on any atom is 0.0709 e. The van der Waals surface area contributed by atoms with Crippen molar-refractivity contribution in [1.82, 2.24) is 4.90 Å². The van der Waals surface area contributed by atoms with E-state index in [2.05, 4.69) is 54.2 Å². The highest BCUT2D eigenvalue weighted by molar-refractivity contribution is 6.31. The minimum atomic E-state index is 0.737. The van der Waals surface area contributed by atoms with Crippen molar-refractivity contribution in [3.05, 3.63) is 70.6 Å². The minimum absolute atomic E-state index is 0.737. The van der Waals surface area contributed by atoms with E-state index in [0.29, 0.717) is 0 Å². The fourth-order valence-electron chi connectivity index (χ4n) is 2.25. The number of fused-ring (bicyclic) bond motifs is 1. The zero-order chi connectivity index (χ0) is 14.1. The Morgan fingerprint density at radius 3 is 2.95 bits per heavy atom. The first-order valence-electron chi connectivity index (χ1n) is 6.50. The van der Waals surface area contributed by atoms with E-state index in [1.165, 1.54) is 5.70 Å². The molecule has 0 aliphatic carbocycles. The van der Waals surface area contributed by atoms with Gasteiger partial charge in [-0.05, 0) is 43.4 Å². The fraction of sp³-hybridized carbons (Fsp3) is 0.118. The summed E-state index contributed by atoms with van der Waals surface area (Å²) >= 11 is 6.05. The standard InChI is InChI=1S/C17H15ClN2/c1-12-4-3-5-15(20(12)2)8-6-13-11-19-17-9-7-14(18)10-16(13)17/h3-11H,1-2H3/b13-6-,15-8-. The Morgan fingerprint density at radius 2 is 2.10 bits per heavy atom. The third-order valence-corrected chi connectivity index (χ3v) is 3.80. The Morgan fingerprint density at radius 1 is 1.25 bits per heavy atom. The SMILES string of the molecule is CC1=CC=C/C(=C/C=C2/C=Nc3ccc(Cl)cc32)N1C. The molecule has 2 nitrogen and oxygen atoms in total. The van der Waals surface area contributed by atoms with Crippen molar-refractivity contribution in [2.75, 3.05) is 7.05 Å². The molecular weight excluding hydrogens is 268 g/mol. The highest BCUT2D eigenvalue weighted by atomic mass is 35.5. The normalized spacial score (nSPS) is 20.8. The highest BCUT2D eigenvalue weighted by Crippen LogP contribution is 2.33. The van der Waals surface area contributed by atoms with Crippen LogP contribution in [0.25, 0.3) is 5.57 Å². The van der Waals surface area contributed by atoms with E-state index < -0.39 is 0 Å². The summed E-state index contributed by atoms with van der Waals surface area (Å²) in [4.78, 5) is 6.55. The Hall–Kier alpha value is -2.06. The number of allylic oxidation sites excluding steroid dienone is 7. The summed E-state index contributed by atoms with van der Waals surface area (Å²) in [5.41, 5.74) is 5.53. The summed E-state index contributed by atoms with van der Waals surface area (Å²) in [6, 6.07) is 5.77. The van der Waals surface area contributed by atoms with Crippen molar-refractivity contribution >= 4 is 29.1 Å². The molecule has 0 amide bonds. The molecular formula is C17H15ClN2. The average molecular weight is 283 g/mol. The third-order valence-electron chi connectivity index (χ3n) is 3.57. The highest BCUT2D eigenvalue weighted by Gasteiger charge is 2.12. The van der Waals surface area contributed by atoms with Gasteiger partial charge in [-0.15, -0.1) is 0 Å². The van der Waals surface area contributed by atoms with Crippen molar-refractivity contribution in [2.45, 2.75) is 6.92 Å². The molecule has 0 unspecified atom stereocenters. The average Bonchev–Trinajstić information content (AvgIpc) is 2.83. The van der Waals surface area contributed by atoms with E-state index in [1.54, 1.807) is 0 Å². The topological polar surface area (TPSA) is 15.6 Å². The Balaban J connectivity index is 1.93. The van der Waals surface area contributed by atoms with Gasteiger partial charge in [0.2, 0.25) is 0 Å². The number of halogens is 1. The van der Waals surface area contributed by atoms with Gasteiger partial charge < -0.3 is 4.90 Å². The van der Waals surface area contributed by atoms with Crippen LogP contribution in [-0.4, -0.2) is 18.2 Å². The number of nitrogens with zero attached hydrogens (tertiary/aromatic N) is 2. The Labute approximate surface area is 124 Å². The molecule has 0 aromatic heterocycles. The van der Waals surface area contributed by atoms with Gasteiger partial charge in [0.1, 0.15) is 0 Å². The molecule has 2 aliphatic rings. The predicted octanol–water partition coefficient (Wildman–Crippen LogP) is 4.73. The molecule has 2 heterocycles. The number of benzene rings is 1. The quantitative estimate of drug-likeness (QED) is 0.727. The number of likely N-dealkylation sites (N-methyl/N-ethyl adjacent to an activating group) is 1. The van der Waals surface area contributed by atoms with Gasteiger partial charge in [0, 0.05) is 40.8 Å². The summed E-state index contributed by atoms with van der Waals surface area (Å²) in [6.45, 7) is 2.09. The van der Waals surface area contributed by atoms with Crippen molar-refractivity contribution in [3.8, 4) is 0 Å². The van der Waals surface area contributed by atoms with Crippen LogP contribution in [0.4, 0.5) is 5.69 Å². The van der Waals surface area contributed by atoms with Gasteiger partial charge in [-0.2, -0.15) is 0 Å². The summed E-state index contributed by atoms with van der Waals surface area (Å²) in [5.74, 6) is 0. The van der Waals surface area contributed by atoms with Gasteiger partial charge in [-0.25, -0.2) is 0 Å². The van der Waals surface area contributed by atoms with Gasteiger partial charge in [-0.3, -0.25) is 4.99 Å². The summed E-state index contributed by atoms with van der Waals surface area (Å²) < 4.78 is 0.